The van der Waals surface area contributed by atoms with Crippen molar-refractivity contribution < 1.29 is 9.53 Å². The van der Waals surface area contributed by atoms with E-state index >= 15 is 0 Å². The van der Waals surface area contributed by atoms with E-state index in [1.807, 2.05) is 6.92 Å². The van der Waals surface area contributed by atoms with E-state index < -0.39 is 0 Å². The Balaban J connectivity index is 2.15. The zero-order valence-electron chi connectivity index (χ0n) is 10.7. The summed E-state index contributed by atoms with van der Waals surface area (Å²) in [5, 5.41) is 8.83. The second kappa shape index (κ2) is 7.25. The molecule has 0 N–H and O–H groups in total. The zero-order chi connectivity index (χ0) is 12.7. The van der Waals surface area contributed by atoms with Crippen LogP contribution in [-0.4, -0.2) is 61.6 Å². The summed E-state index contributed by atoms with van der Waals surface area (Å²) in [5.41, 5.74) is 0. The molecular formula is C12H21N3O2. The van der Waals surface area contributed by atoms with Crippen LogP contribution in [0.5, 0.6) is 0 Å². The largest absolute Gasteiger partial charge is 0.469 e. The summed E-state index contributed by atoms with van der Waals surface area (Å²) in [6, 6.07) is 2.27. The lowest BCUT2D eigenvalue weighted by Gasteiger charge is -2.35. The van der Waals surface area contributed by atoms with Crippen LogP contribution < -0.4 is 0 Å². The Morgan fingerprint density at radius 1 is 1.41 bits per heavy atom. The molecule has 5 heteroatoms. The van der Waals surface area contributed by atoms with Crippen LogP contribution in [0.25, 0.3) is 0 Å². The van der Waals surface area contributed by atoms with Crippen LogP contribution in [0, 0.1) is 11.3 Å². The Bertz CT molecular complexity index is 280. The first kappa shape index (κ1) is 13.9. The van der Waals surface area contributed by atoms with Gasteiger partial charge in [-0.2, -0.15) is 5.26 Å². The van der Waals surface area contributed by atoms with Gasteiger partial charge in [0.25, 0.3) is 0 Å². The maximum atomic E-state index is 10.9. The van der Waals surface area contributed by atoms with Gasteiger partial charge in [0.15, 0.2) is 0 Å². The van der Waals surface area contributed by atoms with Gasteiger partial charge in [-0.15, -0.1) is 0 Å². The first-order valence-corrected chi connectivity index (χ1v) is 6.10. The molecule has 1 heterocycles. The minimum absolute atomic E-state index is 0.00668. The third-order valence-corrected chi connectivity index (χ3v) is 3.22. The van der Waals surface area contributed by atoms with Crippen molar-refractivity contribution in [1.82, 2.24) is 9.80 Å². The summed E-state index contributed by atoms with van der Waals surface area (Å²) in [5.74, 6) is -0.137. The molecule has 1 rings (SSSR count). The first-order valence-electron chi connectivity index (χ1n) is 6.10. The predicted octanol–water partition coefficient (Wildman–Crippen LogP) is 0.469. The van der Waals surface area contributed by atoms with Crippen molar-refractivity contribution >= 4 is 5.97 Å². The molecule has 1 atom stereocenters. The number of rotatable bonds is 5. The quantitative estimate of drug-likeness (QED) is 0.653. The van der Waals surface area contributed by atoms with Crippen molar-refractivity contribution in [3.8, 4) is 6.07 Å². The van der Waals surface area contributed by atoms with Gasteiger partial charge in [0, 0.05) is 32.6 Å². The van der Waals surface area contributed by atoms with E-state index in [9.17, 15) is 4.79 Å². The normalized spacial score (nSPS) is 19.6. The lowest BCUT2D eigenvalue weighted by atomic mass is 10.2. The van der Waals surface area contributed by atoms with Crippen molar-refractivity contribution in [3.63, 3.8) is 0 Å². The van der Waals surface area contributed by atoms with Gasteiger partial charge in [-0.1, -0.05) is 0 Å². The zero-order valence-corrected chi connectivity index (χ0v) is 10.7. The van der Waals surface area contributed by atoms with Crippen LogP contribution in [0.15, 0.2) is 0 Å². The summed E-state index contributed by atoms with van der Waals surface area (Å²) in [6.45, 7) is 6.71. The average molecular weight is 239 g/mol. The Hall–Kier alpha value is -1.12. The number of carbonyl (C=O) groups excluding carboxylic acids is 1. The molecule has 0 aromatic carbocycles. The van der Waals surface area contributed by atoms with Crippen LogP contribution in [0.3, 0.4) is 0 Å². The molecule has 0 amide bonds. The summed E-state index contributed by atoms with van der Waals surface area (Å²) in [7, 11) is 1.42. The monoisotopic (exact) mass is 239 g/mol. The summed E-state index contributed by atoms with van der Waals surface area (Å²) < 4.78 is 4.60. The Kier molecular flexibility index (Phi) is 5.95. The Morgan fingerprint density at radius 3 is 2.59 bits per heavy atom. The molecule has 1 aliphatic heterocycles. The fourth-order valence-electron chi connectivity index (χ4n) is 2.00. The lowest BCUT2D eigenvalue weighted by molar-refractivity contribution is -0.140. The molecule has 0 saturated carbocycles. The standard InChI is InChI=1S/C12H21N3O2/c1-11(10-13)15-8-6-14(7-9-15)5-3-4-12(16)17-2/h11H,3-9H2,1-2H3. The Morgan fingerprint density at radius 2 is 2.06 bits per heavy atom. The third-order valence-electron chi connectivity index (χ3n) is 3.22. The summed E-state index contributed by atoms with van der Waals surface area (Å²) in [6.07, 6.45) is 1.34. The molecule has 0 aromatic rings. The van der Waals surface area contributed by atoms with Crippen molar-refractivity contribution in [2.24, 2.45) is 0 Å². The van der Waals surface area contributed by atoms with Gasteiger partial charge in [-0.25, -0.2) is 0 Å². The highest BCUT2D eigenvalue weighted by Gasteiger charge is 2.20. The van der Waals surface area contributed by atoms with Crippen molar-refractivity contribution in [3.05, 3.63) is 0 Å². The average Bonchev–Trinajstić information content (AvgIpc) is 2.38. The number of hydrogen-bond acceptors (Lipinski definition) is 5. The lowest BCUT2D eigenvalue weighted by Crippen LogP contribution is -2.49. The molecule has 17 heavy (non-hydrogen) atoms. The van der Waals surface area contributed by atoms with E-state index in [1.165, 1.54) is 7.11 Å². The molecule has 0 spiro atoms. The fourth-order valence-corrected chi connectivity index (χ4v) is 2.00. The molecule has 1 unspecified atom stereocenters. The van der Waals surface area contributed by atoms with Gasteiger partial charge >= 0.3 is 5.97 Å². The number of piperazine rings is 1. The van der Waals surface area contributed by atoms with Crippen LogP contribution in [0.1, 0.15) is 19.8 Å². The molecule has 0 aromatic heterocycles. The smallest absolute Gasteiger partial charge is 0.305 e. The molecule has 96 valence electrons. The van der Waals surface area contributed by atoms with Crippen molar-refractivity contribution in [2.45, 2.75) is 25.8 Å². The van der Waals surface area contributed by atoms with Gasteiger partial charge in [0.05, 0.1) is 19.2 Å². The molecule has 1 fully saturated rings. The van der Waals surface area contributed by atoms with Crippen molar-refractivity contribution in [1.29, 1.82) is 5.26 Å². The molecular weight excluding hydrogens is 218 g/mol. The highest BCUT2D eigenvalue weighted by atomic mass is 16.5. The SMILES string of the molecule is COC(=O)CCCN1CCN(C(C)C#N)CC1. The molecule has 0 radical (unpaired) electrons. The van der Waals surface area contributed by atoms with Crippen LogP contribution >= 0.6 is 0 Å². The number of hydrogen-bond donors (Lipinski definition) is 0. The minimum atomic E-state index is -0.137. The minimum Gasteiger partial charge on any atom is -0.469 e. The van der Waals surface area contributed by atoms with Gasteiger partial charge < -0.3 is 9.64 Å². The number of nitrogens with zero attached hydrogens (tertiary/aromatic N) is 3. The van der Waals surface area contributed by atoms with Gasteiger partial charge in [0.2, 0.25) is 0 Å². The van der Waals surface area contributed by atoms with E-state index in [2.05, 4.69) is 20.6 Å². The summed E-state index contributed by atoms with van der Waals surface area (Å²) >= 11 is 0. The van der Waals surface area contributed by atoms with E-state index in [1.54, 1.807) is 0 Å². The topological polar surface area (TPSA) is 56.6 Å². The number of nitriles is 1. The maximum Gasteiger partial charge on any atom is 0.305 e. The van der Waals surface area contributed by atoms with Gasteiger partial charge in [-0.3, -0.25) is 9.69 Å². The van der Waals surface area contributed by atoms with E-state index in [0.717, 1.165) is 39.1 Å². The van der Waals surface area contributed by atoms with Gasteiger partial charge in [0.1, 0.15) is 0 Å². The highest BCUT2D eigenvalue weighted by molar-refractivity contribution is 5.69. The van der Waals surface area contributed by atoms with E-state index in [4.69, 9.17) is 5.26 Å². The number of esters is 1. The highest BCUT2D eigenvalue weighted by Crippen LogP contribution is 2.07. The van der Waals surface area contributed by atoms with Crippen LogP contribution in [-0.2, 0) is 9.53 Å². The fraction of sp³-hybridized carbons (Fsp3) is 0.833. The predicted molar refractivity (Wildman–Crippen MR) is 64.3 cm³/mol. The van der Waals surface area contributed by atoms with Crippen LogP contribution in [0.2, 0.25) is 0 Å². The molecule has 5 nitrogen and oxygen atoms in total. The first-order chi connectivity index (χ1) is 8.17. The number of ether oxygens (including phenoxy) is 1. The van der Waals surface area contributed by atoms with Crippen molar-refractivity contribution in [2.75, 3.05) is 39.8 Å². The molecule has 0 aliphatic carbocycles. The van der Waals surface area contributed by atoms with Gasteiger partial charge in [-0.05, 0) is 19.9 Å². The molecule has 1 saturated heterocycles. The molecule has 1 aliphatic rings. The second-order valence-electron chi connectivity index (χ2n) is 4.36. The second-order valence-corrected chi connectivity index (χ2v) is 4.36. The van der Waals surface area contributed by atoms with Crippen LogP contribution in [0.4, 0.5) is 0 Å². The van der Waals surface area contributed by atoms with E-state index in [0.29, 0.717) is 6.42 Å². The third kappa shape index (κ3) is 4.72. The maximum absolute atomic E-state index is 10.9. The summed E-state index contributed by atoms with van der Waals surface area (Å²) in [4.78, 5) is 15.5. The number of carbonyl (C=O) groups is 1. The Labute approximate surface area is 103 Å². The molecule has 0 bridgehead atoms. The van der Waals surface area contributed by atoms with E-state index in [-0.39, 0.29) is 12.0 Å². The number of methoxy groups -OCH3 is 1.